The van der Waals surface area contributed by atoms with Crippen molar-refractivity contribution >= 4 is 29.8 Å². The van der Waals surface area contributed by atoms with Crippen molar-refractivity contribution < 1.29 is 19.0 Å². The quantitative estimate of drug-likeness (QED) is 0.395. The number of hydrogen-bond donors (Lipinski definition) is 4. The van der Waals surface area contributed by atoms with Crippen LogP contribution in [0.5, 0.6) is 0 Å². The first-order chi connectivity index (χ1) is 16.0. The molecule has 1 fully saturated rings. The van der Waals surface area contributed by atoms with Crippen LogP contribution in [0.25, 0.3) is 0 Å². The molecule has 1 aromatic carbocycles. The fourth-order valence-electron chi connectivity index (χ4n) is 3.27. The van der Waals surface area contributed by atoms with Crippen LogP contribution < -0.4 is 20.9 Å². The van der Waals surface area contributed by atoms with E-state index in [0.29, 0.717) is 43.6 Å². The van der Waals surface area contributed by atoms with Crippen molar-refractivity contribution in [3.05, 3.63) is 48.2 Å². The van der Waals surface area contributed by atoms with Gasteiger partial charge in [0.05, 0.1) is 25.6 Å². The van der Waals surface area contributed by atoms with E-state index in [0.717, 1.165) is 0 Å². The van der Waals surface area contributed by atoms with Crippen LogP contribution in [0, 0.1) is 5.82 Å². The molecule has 1 atom stereocenters. The predicted molar refractivity (Wildman–Crippen MR) is 118 cm³/mol. The number of anilines is 4. The summed E-state index contributed by atoms with van der Waals surface area (Å²) < 4.78 is 20.6. The van der Waals surface area contributed by atoms with Crippen LogP contribution in [0.1, 0.15) is 11.6 Å². The molecule has 0 bridgehead atoms. The molecule has 4 rings (SSSR count). The van der Waals surface area contributed by atoms with Gasteiger partial charge < -0.3 is 35.3 Å². The van der Waals surface area contributed by atoms with E-state index in [2.05, 4.69) is 35.9 Å². The summed E-state index contributed by atoms with van der Waals surface area (Å²) >= 11 is 0. The van der Waals surface area contributed by atoms with Gasteiger partial charge in [-0.1, -0.05) is 12.1 Å². The number of nitrogens with zero attached hydrogens (tertiary/aromatic N) is 6. The van der Waals surface area contributed by atoms with E-state index < -0.39 is 12.1 Å². The van der Waals surface area contributed by atoms with Crippen molar-refractivity contribution in [2.75, 3.05) is 48.4 Å². The predicted octanol–water partition coefficient (Wildman–Crippen LogP) is 1.75. The SMILES string of the molecule is Cn1cnc(Nc2nc(N[C@@H](CNC(=O)O)c3ccc(F)cc3)nc(N3CCOCC3)n2)c1. The third kappa shape index (κ3) is 6.04. The number of benzene rings is 1. The zero-order valence-electron chi connectivity index (χ0n) is 17.9. The number of carboxylic acid groups (broad SMARTS) is 1. The van der Waals surface area contributed by atoms with E-state index in [1.807, 2.05) is 11.9 Å². The highest BCUT2D eigenvalue weighted by molar-refractivity contribution is 5.64. The zero-order chi connectivity index (χ0) is 23.2. The molecule has 1 aliphatic heterocycles. The third-order valence-corrected chi connectivity index (χ3v) is 4.90. The molecule has 33 heavy (non-hydrogen) atoms. The van der Waals surface area contributed by atoms with Crippen LogP contribution in [0.3, 0.4) is 0 Å². The van der Waals surface area contributed by atoms with Crippen LogP contribution in [0.4, 0.5) is 32.8 Å². The lowest BCUT2D eigenvalue weighted by molar-refractivity contribution is 0.122. The van der Waals surface area contributed by atoms with E-state index in [-0.39, 0.29) is 24.3 Å². The number of aromatic nitrogens is 5. The first-order valence-corrected chi connectivity index (χ1v) is 10.3. The Morgan fingerprint density at radius 3 is 2.58 bits per heavy atom. The Hall–Kier alpha value is -4.00. The average molecular weight is 457 g/mol. The molecule has 0 spiro atoms. The van der Waals surface area contributed by atoms with Crippen LogP contribution >= 0.6 is 0 Å². The van der Waals surface area contributed by atoms with Crippen molar-refractivity contribution in [3.63, 3.8) is 0 Å². The molecule has 3 aromatic rings. The van der Waals surface area contributed by atoms with Crippen LogP contribution in [-0.2, 0) is 11.8 Å². The summed E-state index contributed by atoms with van der Waals surface area (Å²) in [5.74, 6) is 1.12. The Labute approximate surface area is 188 Å². The maximum atomic E-state index is 13.4. The number of halogens is 1. The summed E-state index contributed by atoms with van der Waals surface area (Å²) in [6, 6.07) is 5.22. The minimum atomic E-state index is -1.17. The summed E-state index contributed by atoms with van der Waals surface area (Å²) in [7, 11) is 1.85. The number of nitrogens with one attached hydrogen (secondary N) is 3. The van der Waals surface area contributed by atoms with E-state index in [9.17, 15) is 9.18 Å². The van der Waals surface area contributed by atoms with Gasteiger partial charge in [0, 0.05) is 32.9 Å². The summed E-state index contributed by atoms with van der Waals surface area (Å²) in [5, 5.41) is 17.6. The highest BCUT2D eigenvalue weighted by Gasteiger charge is 2.20. The summed E-state index contributed by atoms with van der Waals surface area (Å²) in [4.78, 5) is 30.8. The summed E-state index contributed by atoms with van der Waals surface area (Å²) in [5.41, 5.74) is 0.665. The molecular formula is C20H24FN9O3. The number of ether oxygens (including phenoxy) is 1. The minimum Gasteiger partial charge on any atom is -0.465 e. The molecular weight excluding hydrogens is 433 g/mol. The number of hydrogen-bond acceptors (Lipinski definition) is 9. The van der Waals surface area contributed by atoms with E-state index in [4.69, 9.17) is 9.84 Å². The topological polar surface area (TPSA) is 142 Å². The second-order valence-electron chi connectivity index (χ2n) is 7.37. The lowest BCUT2D eigenvalue weighted by Gasteiger charge is -2.27. The maximum Gasteiger partial charge on any atom is 0.404 e. The second-order valence-corrected chi connectivity index (χ2v) is 7.37. The number of amides is 1. The molecule has 3 heterocycles. The number of imidazole rings is 1. The zero-order valence-corrected chi connectivity index (χ0v) is 17.9. The van der Waals surface area contributed by atoms with E-state index in [1.54, 1.807) is 29.2 Å². The fraction of sp³-hybridized carbons (Fsp3) is 0.350. The molecule has 1 saturated heterocycles. The highest BCUT2D eigenvalue weighted by Crippen LogP contribution is 2.22. The van der Waals surface area contributed by atoms with Gasteiger partial charge in [0.1, 0.15) is 5.82 Å². The fourth-order valence-corrected chi connectivity index (χ4v) is 3.27. The van der Waals surface area contributed by atoms with E-state index in [1.165, 1.54) is 12.1 Å². The Morgan fingerprint density at radius 1 is 1.18 bits per heavy atom. The van der Waals surface area contributed by atoms with Crippen molar-refractivity contribution in [1.82, 2.24) is 29.8 Å². The molecule has 4 N–H and O–H groups in total. The number of carbonyl (C=O) groups is 1. The number of aryl methyl sites for hydroxylation is 1. The number of morpholine rings is 1. The third-order valence-electron chi connectivity index (χ3n) is 4.90. The van der Waals surface area contributed by atoms with Gasteiger partial charge in [0.2, 0.25) is 17.8 Å². The Balaban J connectivity index is 1.64. The standard InChI is InChI=1S/C20H24FN9O3/c1-29-11-16(23-12-29)25-18-26-17(27-19(28-18)30-6-8-33-9-7-30)24-15(10-22-20(31)32)13-2-4-14(21)5-3-13/h2-5,11-12,15,22H,6-10H2,1H3,(H,31,32)(H2,24,25,26,27,28)/t15-/m0/s1. The number of rotatable bonds is 8. The molecule has 12 nitrogen and oxygen atoms in total. The van der Waals surface area contributed by atoms with Crippen LogP contribution in [0.15, 0.2) is 36.8 Å². The van der Waals surface area contributed by atoms with Gasteiger partial charge in [-0.2, -0.15) is 15.0 Å². The normalized spacial score (nSPS) is 14.5. The first kappa shape index (κ1) is 22.2. The van der Waals surface area contributed by atoms with Gasteiger partial charge in [-0.3, -0.25) is 0 Å². The molecule has 174 valence electrons. The molecule has 0 aliphatic carbocycles. The molecule has 13 heteroatoms. The summed E-state index contributed by atoms with van der Waals surface area (Å²) in [6.07, 6.45) is 2.25. The minimum absolute atomic E-state index is 0.0164. The van der Waals surface area contributed by atoms with Crippen molar-refractivity contribution in [2.24, 2.45) is 7.05 Å². The average Bonchev–Trinajstić information content (AvgIpc) is 3.22. The smallest absolute Gasteiger partial charge is 0.404 e. The summed E-state index contributed by atoms with van der Waals surface area (Å²) in [6.45, 7) is 2.36. The first-order valence-electron chi connectivity index (χ1n) is 10.3. The molecule has 0 saturated carbocycles. The molecule has 1 amide bonds. The van der Waals surface area contributed by atoms with Crippen LogP contribution in [0.2, 0.25) is 0 Å². The largest absolute Gasteiger partial charge is 0.465 e. The highest BCUT2D eigenvalue weighted by atomic mass is 19.1. The molecule has 2 aromatic heterocycles. The van der Waals surface area contributed by atoms with Crippen LogP contribution in [-0.4, -0.2) is 68.6 Å². The molecule has 1 aliphatic rings. The Bertz CT molecular complexity index is 1090. The molecule has 0 radical (unpaired) electrons. The second kappa shape index (κ2) is 10.1. The van der Waals surface area contributed by atoms with Gasteiger partial charge in [-0.25, -0.2) is 14.2 Å². The monoisotopic (exact) mass is 457 g/mol. The maximum absolute atomic E-state index is 13.4. The lowest BCUT2D eigenvalue weighted by atomic mass is 10.1. The lowest BCUT2D eigenvalue weighted by Crippen LogP contribution is -2.37. The molecule has 0 unspecified atom stereocenters. The van der Waals surface area contributed by atoms with Gasteiger partial charge in [-0.05, 0) is 17.7 Å². The van der Waals surface area contributed by atoms with Crippen molar-refractivity contribution in [2.45, 2.75) is 6.04 Å². The Kier molecular flexibility index (Phi) is 6.78. The van der Waals surface area contributed by atoms with Gasteiger partial charge >= 0.3 is 6.09 Å². The van der Waals surface area contributed by atoms with Crippen molar-refractivity contribution in [1.29, 1.82) is 0 Å². The Morgan fingerprint density at radius 2 is 1.91 bits per heavy atom. The van der Waals surface area contributed by atoms with Crippen molar-refractivity contribution in [3.8, 4) is 0 Å². The van der Waals surface area contributed by atoms with E-state index >= 15 is 0 Å². The van der Waals surface area contributed by atoms with Gasteiger partial charge in [-0.15, -0.1) is 0 Å². The van der Waals surface area contributed by atoms with Gasteiger partial charge in [0.15, 0.2) is 5.82 Å². The van der Waals surface area contributed by atoms with Gasteiger partial charge in [0.25, 0.3) is 0 Å².